The van der Waals surface area contributed by atoms with Crippen molar-refractivity contribution in [3.8, 4) is 0 Å². The smallest absolute Gasteiger partial charge is 0.306 e. The predicted molar refractivity (Wildman–Crippen MR) is 254 cm³/mol. The van der Waals surface area contributed by atoms with Crippen molar-refractivity contribution >= 4 is 17.9 Å². The number of unbranched alkanes of at least 4 members (excludes halogenated alkanes) is 29. The molecule has 0 aromatic carbocycles. The number of nitrogens with zero attached hydrogens (tertiary/aromatic N) is 1. The summed E-state index contributed by atoms with van der Waals surface area (Å²) in [6, 6.07) is -0.724. The molecule has 8 nitrogen and oxygen atoms in total. The number of ether oxygens (including phenoxy) is 3. The van der Waals surface area contributed by atoms with Crippen LogP contribution in [0.1, 0.15) is 245 Å². The van der Waals surface area contributed by atoms with Crippen molar-refractivity contribution in [2.45, 2.75) is 257 Å². The minimum Gasteiger partial charge on any atom is -0.544 e. The molecule has 0 aromatic heterocycles. The summed E-state index contributed by atoms with van der Waals surface area (Å²) in [4.78, 5) is 37.0. The molecule has 0 heterocycles. The molecule has 8 heteroatoms. The van der Waals surface area contributed by atoms with Crippen LogP contribution in [0.5, 0.6) is 0 Å². The van der Waals surface area contributed by atoms with Crippen LogP contribution in [0.15, 0.2) is 24.3 Å². The molecule has 0 radical (unpaired) electrons. The summed E-state index contributed by atoms with van der Waals surface area (Å²) in [7, 11) is 5.42. The molecule has 0 bridgehead atoms. The van der Waals surface area contributed by atoms with Crippen LogP contribution in [0.4, 0.5) is 0 Å². The topological polar surface area (TPSA) is 102 Å². The van der Waals surface area contributed by atoms with Crippen molar-refractivity contribution in [2.75, 3.05) is 41.0 Å². The number of rotatable bonds is 47. The van der Waals surface area contributed by atoms with E-state index in [1.807, 2.05) is 21.1 Å². The van der Waals surface area contributed by atoms with Gasteiger partial charge in [0.1, 0.15) is 12.6 Å². The number of quaternary nitrogens is 1. The zero-order valence-electron chi connectivity index (χ0n) is 40.8. The van der Waals surface area contributed by atoms with Crippen LogP contribution in [0.2, 0.25) is 0 Å². The maximum Gasteiger partial charge on any atom is 0.306 e. The van der Waals surface area contributed by atoms with Gasteiger partial charge >= 0.3 is 11.9 Å². The Morgan fingerprint density at radius 3 is 1.30 bits per heavy atom. The van der Waals surface area contributed by atoms with Crippen molar-refractivity contribution in [1.29, 1.82) is 0 Å². The lowest BCUT2D eigenvalue weighted by atomic mass is 10.0. The fourth-order valence-corrected chi connectivity index (χ4v) is 7.81. The fourth-order valence-electron chi connectivity index (χ4n) is 7.81. The van der Waals surface area contributed by atoms with Gasteiger partial charge < -0.3 is 28.6 Å². The van der Waals surface area contributed by atoms with Gasteiger partial charge in [-0.2, -0.15) is 0 Å². The zero-order valence-corrected chi connectivity index (χ0v) is 40.8. The molecule has 0 saturated carbocycles. The summed E-state index contributed by atoms with van der Waals surface area (Å²) in [5.74, 6) is -1.73. The lowest BCUT2D eigenvalue weighted by molar-refractivity contribution is -0.889. The van der Waals surface area contributed by atoms with Crippen LogP contribution in [-0.2, 0) is 28.6 Å². The Bertz CT molecular complexity index is 1050. The number of carbonyl (C=O) groups excluding carboxylic acids is 3. The monoisotopic (exact) mass is 862 g/mol. The Labute approximate surface area is 377 Å². The molecule has 61 heavy (non-hydrogen) atoms. The Kier molecular flexibility index (Phi) is 42.8. The first-order valence-electron chi connectivity index (χ1n) is 25.9. The number of hydrogen-bond donors (Lipinski definition) is 0. The molecule has 2 atom stereocenters. The Morgan fingerprint density at radius 1 is 0.492 bits per heavy atom. The zero-order chi connectivity index (χ0) is 44.9. The standard InChI is InChI=1S/C53H99NO7/c1-6-8-10-12-14-16-18-20-22-24-25-26-28-30-32-34-36-38-40-42-44-52(56)61-49(47-59-46-45-50(53(57)58)54(3,4)5)48-60-51(55)43-41-39-37-35-33-31-29-27-23-21-19-17-15-13-11-9-7-2/h15,17,21,23,49-50H,6-14,16,18-20,22,24-48H2,1-5H3/b17-15+,23-21+. The van der Waals surface area contributed by atoms with E-state index in [0.717, 1.165) is 51.4 Å². The van der Waals surface area contributed by atoms with E-state index in [1.54, 1.807) is 0 Å². The van der Waals surface area contributed by atoms with Crippen LogP contribution < -0.4 is 5.11 Å². The molecule has 0 spiro atoms. The predicted octanol–water partition coefficient (Wildman–Crippen LogP) is 13.5. The van der Waals surface area contributed by atoms with E-state index < -0.39 is 18.1 Å². The highest BCUT2D eigenvalue weighted by Crippen LogP contribution is 2.16. The van der Waals surface area contributed by atoms with Crippen molar-refractivity contribution in [1.82, 2.24) is 0 Å². The van der Waals surface area contributed by atoms with Crippen LogP contribution in [0.3, 0.4) is 0 Å². The van der Waals surface area contributed by atoms with E-state index in [2.05, 4.69) is 38.2 Å². The maximum absolute atomic E-state index is 12.8. The van der Waals surface area contributed by atoms with Crippen LogP contribution in [-0.4, -0.2) is 75.5 Å². The van der Waals surface area contributed by atoms with Crippen LogP contribution >= 0.6 is 0 Å². The summed E-state index contributed by atoms with van der Waals surface area (Å²) >= 11 is 0. The first-order valence-corrected chi connectivity index (χ1v) is 25.9. The largest absolute Gasteiger partial charge is 0.544 e. The first-order chi connectivity index (χ1) is 29.6. The Morgan fingerprint density at radius 2 is 0.869 bits per heavy atom. The minimum absolute atomic E-state index is 0.0428. The molecule has 358 valence electrons. The number of carbonyl (C=O) groups is 3. The fraction of sp³-hybridized carbons (Fsp3) is 0.868. The highest BCUT2D eigenvalue weighted by molar-refractivity contribution is 5.70. The number of hydrogen-bond acceptors (Lipinski definition) is 7. The van der Waals surface area contributed by atoms with E-state index in [-0.39, 0.29) is 42.7 Å². The summed E-state index contributed by atoms with van der Waals surface area (Å²) in [6.45, 7) is 4.67. The van der Waals surface area contributed by atoms with Crippen LogP contribution in [0, 0.1) is 0 Å². The number of allylic oxidation sites excluding steroid dienone is 4. The van der Waals surface area contributed by atoms with Crippen molar-refractivity contribution in [2.24, 2.45) is 0 Å². The summed E-state index contributed by atoms with van der Waals surface area (Å²) in [6.07, 6.45) is 50.6. The SMILES string of the molecule is CCCCC/C=C/C/C=C/CCCCCCCCCC(=O)OCC(COCCC(C(=O)[O-])[N+](C)(C)C)OC(=O)CCCCCCCCCCCCCCCCCCCCCC. The minimum atomic E-state index is -1.12. The molecule has 0 N–H and O–H groups in total. The average molecular weight is 862 g/mol. The molecule has 0 fully saturated rings. The molecule has 0 saturated heterocycles. The summed E-state index contributed by atoms with van der Waals surface area (Å²) in [5.41, 5.74) is 0. The maximum atomic E-state index is 12.8. The Hall–Kier alpha value is -2.19. The van der Waals surface area contributed by atoms with E-state index in [1.165, 1.54) is 161 Å². The van der Waals surface area contributed by atoms with E-state index in [0.29, 0.717) is 12.8 Å². The molecule has 2 unspecified atom stereocenters. The van der Waals surface area contributed by atoms with Gasteiger partial charge in [0.2, 0.25) is 0 Å². The van der Waals surface area contributed by atoms with Gasteiger partial charge in [-0.15, -0.1) is 0 Å². The van der Waals surface area contributed by atoms with Gasteiger partial charge in [-0.25, -0.2) is 0 Å². The molecule has 0 aliphatic heterocycles. The molecule has 0 amide bonds. The highest BCUT2D eigenvalue weighted by Gasteiger charge is 2.25. The third-order valence-electron chi connectivity index (χ3n) is 11.8. The second kappa shape index (κ2) is 44.4. The summed E-state index contributed by atoms with van der Waals surface area (Å²) in [5, 5.41) is 11.7. The molecular weight excluding hydrogens is 763 g/mol. The third-order valence-corrected chi connectivity index (χ3v) is 11.8. The van der Waals surface area contributed by atoms with Gasteiger partial charge in [-0.3, -0.25) is 9.59 Å². The van der Waals surface area contributed by atoms with E-state index in [4.69, 9.17) is 14.2 Å². The molecule has 0 aliphatic carbocycles. The number of aliphatic carboxylic acids is 1. The van der Waals surface area contributed by atoms with Gasteiger partial charge in [-0.1, -0.05) is 205 Å². The lowest BCUT2D eigenvalue weighted by Gasteiger charge is -2.34. The second-order valence-corrected chi connectivity index (χ2v) is 18.8. The van der Waals surface area contributed by atoms with Crippen molar-refractivity contribution < 1.29 is 38.2 Å². The quantitative estimate of drug-likeness (QED) is 0.0260. The molecule has 0 aromatic rings. The number of likely N-dealkylation sites (N-methyl/N-ethyl adjacent to an activating group) is 1. The third kappa shape index (κ3) is 42.9. The number of carboxylic acid groups (broad SMARTS) is 1. The molecule has 0 aliphatic rings. The first kappa shape index (κ1) is 58.8. The van der Waals surface area contributed by atoms with E-state index in [9.17, 15) is 19.5 Å². The van der Waals surface area contributed by atoms with Gasteiger partial charge in [0.15, 0.2) is 6.10 Å². The van der Waals surface area contributed by atoms with Gasteiger partial charge in [0, 0.05) is 19.3 Å². The van der Waals surface area contributed by atoms with Crippen LogP contribution in [0.25, 0.3) is 0 Å². The van der Waals surface area contributed by atoms with Crippen molar-refractivity contribution in [3.63, 3.8) is 0 Å². The van der Waals surface area contributed by atoms with Gasteiger partial charge in [0.05, 0.1) is 40.3 Å². The van der Waals surface area contributed by atoms with Crippen molar-refractivity contribution in [3.05, 3.63) is 24.3 Å². The van der Waals surface area contributed by atoms with Gasteiger partial charge in [0.25, 0.3) is 0 Å². The average Bonchev–Trinajstić information content (AvgIpc) is 3.22. The second-order valence-electron chi connectivity index (χ2n) is 18.8. The lowest BCUT2D eigenvalue weighted by Crippen LogP contribution is -2.55. The molecular formula is C53H99NO7. The summed E-state index contributed by atoms with van der Waals surface area (Å²) < 4.78 is 17.3. The Balaban J connectivity index is 4.22. The number of esters is 2. The van der Waals surface area contributed by atoms with E-state index >= 15 is 0 Å². The normalized spacial score (nSPS) is 13.0. The number of carboxylic acids is 1. The molecule has 0 rings (SSSR count). The highest BCUT2D eigenvalue weighted by atomic mass is 16.6. The van der Waals surface area contributed by atoms with Gasteiger partial charge in [-0.05, 0) is 44.9 Å².